The van der Waals surface area contributed by atoms with Crippen molar-refractivity contribution in [2.75, 3.05) is 24.5 Å². The van der Waals surface area contributed by atoms with E-state index >= 15 is 0 Å². The fourth-order valence-corrected chi connectivity index (χ4v) is 3.90. The summed E-state index contributed by atoms with van der Waals surface area (Å²) in [7, 11) is 0. The van der Waals surface area contributed by atoms with Gasteiger partial charge in [0.05, 0.1) is 6.54 Å². The van der Waals surface area contributed by atoms with Crippen LogP contribution in [0.1, 0.15) is 25.3 Å². The third-order valence-corrected chi connectivity index (χ3v) is 5.44. The number of nitrogens with one attached hydrogen (secondary N) is 2. The predicted molar refractivity (Wildman–Crippen MR) is 121 cm³/mol. The normalized spacial score (nSPS) is 15.5. The number of rotatable bonds is 5. The van der Waals surface area contributed by atoms with E-state index in [1.165, 1.54) is 16.3 Å². The Hall–Kier alpha value is -3.08. The summed E-state index contributed by atoms with van der Waals surface area (Å²) in [6, 6.07) is 21.5. The average Bonchev–Trinajstić information content (AvgIpc) is 2.79. The Morgan fingerprint density at radius 3 is 2.62 bits per heavy atom. The maximum absolute atomic E-state index is 4.87. The molecule has 0 bridgehead atoms. The minimum Gasteiger partial charge on any atom is -0.357 e. The minimum absolute atomic E-state index is 0.431. The number of guanidine groups is 1. The van der Waals surface area contributed by atoms with Gasteiger partial charge in [-0.25, -0.2) is 9.98 Å². The lowest BCUT2D eigenvalue weighted by atomic mass is 10.0. The summed E-state index contributed by atoms with van der Waals surface area (Å²) >= 11 is 0. The number of hydrogen-bond donors (Lipinski definition) is 2. The van der Waals surface area contributed by atoms with Crippen LogP contribution in [0.2, 0.25) is 0 Å². The second-order valence-corrected chi connectivity index (χ2v) is 7.43. The highest BCUT2D eigenvalue weighted by Gasteiger charge is 2.20. The predicted octanol–water partition coefficient (Wildman–Crippen LogP) is 3.96. The first-order valence-electron chi connectivity index (χ1n) is 10.5. The van der Waals surface area contributed by atoms with Crippen LogP contribution < -0.4 is 15.5 Å². The Bertz CT molecular complexity index is 940. The zero-order valence-electron chi connectivity index (χ0n) is 17.0. The molecule has 0 unspecified atom stereocenters. The van der Waals surface area contributed by atoms with Gasteiger partial charge in [-0.2, -0.15) is 0 Å². The van der Waals surface area contributed by atoms with Crippen LogP contribution in [-0.2, 0) is 6.54 Å². The quantitative estimate of drug-likeness (QED) is 0.514. The van der Waals surface area contributed by atoms with E-state index in [2.05, 4.69) is 82.0 Å². The van der Waals surface area contributed by atoms with Crippen molar-refractivity contribution in [3.63, 3.8) is 0 Å². The summed E-state index contributed by atoms with van der Waals surface area (Å²) in [5.74, 6) is 1.97. The van der Waals surface area contributed by atoms with Crippen molar-refractivity contribution in [2.45, 2.75) is 32.4 Å². The van der Waals surface area contributed by atoms with Crippen LogP contribution in [0.3, 0.4) is 0 Å². The number of aliphatic imine (C=N–C) groups is 1. The molecule has 0 aliphatic carbocycles. The summed E-state index contributed by atoms with van der Waals surface area (Å²) in [5, 5.41) is 9.58. The molecular weight excluding hydrogens is 358 g/mol. The molecule has 1 saturated heterocycles. The van der Waals surface area contributed by atoms with Crippen molar-refractivity contribution < 1.29 is 0 Å². The minimum atomic E-state index is 0.431. The van der Waals surface area contributed by atoms with Crippen molar-refractivity contribution in [3.05, 3.63) is 72.4 Å². The van der Waals surface area contributed by atoms with Crippen molar-refractivity contribution in [1.29, 1.82) is 0 Å². The van der Waals surface area contributed by atoms with E-state index in [9.17, 15) is 0 Å². The number of pyridine rings is 1. The van der Waals surface area contributed by atoms with Crippen LogP contribution in [0.5, 0.6) is 0 Å². The van der Waals surface area contributed by atoms with Gasteiger partial charge in [0.2, 0.25) is 0 Å². The van der Waals surface area contributed by atoms with Gasteiger partial charge < -0.3 is 15.5 Å². The molecule has 1 aliphatic rings. The molecule has 150 valence electrons. The molecule has 5 heteroatoms. The molecule has 1 aromatic heterocycles. The number of anilines is 1. The molecule has 0 atom stereocenters. The molecule has 1 fully saturated rings. The lowest BCUT2D eigenvalue weighted by Crippen LogP contribution is -2.48. The van der Waals surface area contributed by atoms with Crippen LogP contribution in [-0.4, -0.2) is 36.6 Å². The monoisotopic (exact) mass is 387 g/mol. The summed E-state index contributed by atoms with van der Waals surface area (Å²) in [6.45, 7) is 5.66. The summed E-state index contributed by atoms with van der Waals surface area (Å²) in [4.78, 5) is 11.7. The third-order valence-electron chi connectivity index (χ3n) is 5.44. The number of hydrogen-bond acceptors (Lipinski definition) is 3. The highest BCUT2D eigenvalue weighted by Crippen LogP contribution is 2.20. The number of aromatic nitrogens is 1. The summed E-state index contributed by atoms with van der Waals surface area (Å²) in [6.07, 6.45) is 4.02. The lowest BCUT2D eigenvalue weighted by Gasteiger charge is -2.33. The molecule has 4 rings (SSSR count). The lowest BCUT2D eigenvalue weighted by molar-refractivity contribution is 0.459. The first-order chi connectivity index (χ1) is 14.3. The Kier molecular flexibility index (Phi) is 6.25. The maximum Gasteiger partial charge on any atom is 0.191 e. The number of fused-ring (bicyclic) bond motifs is 1. The largest absolute Gasteiger partial charge is 0.357 e. The van der Waals surface area contributed by atoms with Gasteiger partial charge in [0.1, 0.15) is 5.82 Å². The number of nitrogens with zero attached hydrogens (tertiary/aromatic N) is 3. The van der Waals surface area contributed by atoms with Gasteiger partial charge in [-0.05, 0) is 48.2 Å². The zero-order chi connectivity index (χ0) is 19.9. The Morgan fingerprint density at radius 2 is 1.83 bits per heavy atom. The fourth-order valence-electron chi connectivity index (χ4n) is 3.90. The second kappa shape index (κ2) is 9.41. The average molecular weight is 388 g/mol. The van der Waals surface area contributed by atoms with E-state index in [-0.39, 0.29) is 0 Å². The highest BCUT2D eigenvalue weighted by molar-refractivity contribution is 5.86. The van der Waals surface area contributed by atoms with E-state index < -0.39 is 0 Å². The summed E-state index contributed by atoms with van der Waals surface area (Å²) < 4.78 is 0. The zero-order valence-corrected chi connectivity index (χ0v) is 17.0. The fraction of sp³-hybridized carbons (Fsp3) is 0.333. The van der Waals surface area contributed by atoms with Crippen LogP contribution in [0.15, 0.2) is 71.9 Å². The smallest absolute Gasteiger partial charge is 0.191 e. The molecule has 2 aromatic carbocycles. The molecular formula is C24H29N5. The number of piperidine rings is 1. The Labute approximate surface area is 172 Å². The maximum atomic E-state index is 4.87. The van der Waals surface area contributed by atoms with Crippen LogP contribution in [0.25, 0.3) is 10.8 Å². The molecule has 29 heavy (non-hydrogen) atoms. The molecule has 0 radical (unpaired) electrons. The second-order valence-electron chi connectivity index (χ2n) is 7.43. The van der Waals surface area contributed by atoms with Crippen LogP contribution >= 0.6 is 0 Å². The molecule has 0 amide bonds. The Balaban J connectivity index is 1.39. The van der Waals surface area contributed by atoms with Gasteiger partial charge in [-0.1, -0.05) is 48.5 Å². The molecule has 3 aromatic rings. The van der Waals surface area contributed by atoms with Crippen molar-refractivity contribution in [3.8, 4) is 0 Å². The molecule has 2 N–H and O–H groups in total. The highest BCUT2D eigenvalue weighted by atomic mass is 15.2. The van der Waals surface area contributed by atoms with E-state index in [0.29, 0.717) is 12.6 Å². The molecule has 5 nitrogen and oxygen atoms in total. The topological polar surface area (TPSA) is 52.6 Å². The first kappa shape index (κ1) is 19.2. The van der Waals surface area contributed by atoms with Crippen molar-refractivity contribution in [1.82, 2.24) is 15.6 Å². The van der Waals surface area contributed by atoms with E-state index in [1.54, 1.807) is 0 Å². The third kappa shape index (κ3) is 4.86. The molecule has 0 saturated carbocycles. The van der Waals surface area contributed by atoms with E-state index in [0.717, 1.165) is 44.3 Å². The van der Waals surface area contributed by atoms with Crippen molar-refractivity contribution >= 4 is 22.5 Å². The van der Waals surface area contributed by atoms with Gasteiger partial charge in [0.15, 0.2) is 5.96 Å². The standard InChI is InChI=1S/C24H29N5/c1-2-25-24(27-18-20-10-7-9-19-8-3-4-11-22(19)20)28-21-13-16-29(17-14-21)23-12-5-6-15-26-23/h3-12,15,21H,2,13-14,16-18H2,1H3,(H2,25,27,28). The molecule has 2 heterocycles. The molecule has 1 aliphatic heterocycles. The molecule has 0 spiro atoms. The van der Waals surface area contributed by atoms with Gasteiger partial charge in [-0.3, -0.25) is 0 Å². The first-order valence-corrected chi connectivity index (χ1v) is 10.5. The number of benzene rings is 2. The van der Waals surface area contributed by atoms with Gasteiger partial charge in [0.25, 0.3) is 0 Å². The van der Waals surface area contributed by atoms with Crippen molar-refractivity contribution in [2.24, 2.45) is 4.99 Å². The van der Waals surface area contributed by atoms with E-state index in [4.69, 9.17) is 4.99 Å². The van der Waals surface area contributed by atoms with Gasteiger partial charge >= 0.3 is 0 Å². The van der Waals surface area contributed by atoms with Crippen LogP contribution in [0.4, 0.5) is 5.82 Å². The van der Waals surface area contributed by atoms with Crippen LogP contribution in [0, 0.1) is 0 Å². The summed E-state index contributed by atoms with van der Waals surface area (Å²) in [5.41, 5.74) is 1.25. The van der Waals surface area contributed by atoms with E-state index in [1.807, 2.05) is 12.3 Å². The SMILES string of the molecule is CCNC(=NCc1cccc2ccccc12)NC1CCN(c2ccccn2)CC1. The van der Waals surface area contributed by atoms with Gasteiger partial charge in [-0.15, -0.1) is 0 Å². The Morgan fingerprint density at radius 1 is 1.03 bits per heavy atom. The van der Waals surface area contributed by atoms with Gasteiger partial charge in [0, 0.05) is 31.9 Å².